The SMILES string of the molecule is CN1CCN(CC(=O)Cc2ncc3ccc(-c4cncc(C(F)(F)F)c4)cc3n2)CC1. The number of fused-ring (bicyclic) bond motifs is 1. The predicted octanol–water partition coefficient (Wildman–Crippen LogP) is 3.07. The van der Waals surface area contributed by atoms with Crippen LogP contribution in [0.1, 0.15) is 11.4 Å². The van der Waals surface area contributed by atoms with Crippen LogP contribution in [0.25, 0.3) is 22.0 Å². The molecule has 0 radical (unpaired) electrons. The minimum atomic E-state index is -4.46. The Morgan fingerprint density at radius 2 is 1.81 bits per heavy atom. The number of piperazine rings is 1. The number of aromatic nitrogens is 3. The smallest absolute Gasteiger partial charge is 0.304 e. The minimum Gasteiger partial charge on any atom is -0.304 e. The van der Waals surface area contributed by atoms with Gasteiger partial charge in [0.25, 0.3) is 0 Å². The maximum atomic E-state index is 13.0. The second-order valence-corrected chi connectivity index (χ2v) is 7.81. The van der Waals surface area contributed by atoms with Crippen LogP contribution in [0.4, 0.5) is 13.2 Å². The van der Waals surface area contributed by atoms with Gasteiger partial charge in [-0.1, -0.05) is 12.1 Å². The van der Waals surface area contributed by atoms with Crippen molar-refractivity contribution in [3.63, 3.8) is 0 Å². The molecule has 162 valence electrons. The van der Waals surface area contributed by atoms with Gasteiger partial charge in [-0.2, -0.15) is 13.2 Å². The predicted molar refractivity (Wildman–Crippen MR) is 110 cm³/mol. The summed E-state index contributed by atoms with van der Waals surface area (Å²) in [6.07, 6.45) is -0.513. The van der Waals surface area contributed by atoms with Crippen molar-refractivity contribution >= 4 is 16.7 Å². The van der Waals surface area contributed by atoms with Crippen molar-refractivity contribution in [1.82, 2.24) is 24.8 Å². The lowest BCUT2D eigenvalue weighted by molar-refractivity contribution is -0.137. The lowest BCUT2D eigenvalue weighted by Gasteiger charge is -2.31. The lowest BCUT2D eigenvalue weighted by Crippen LogP contribution is -2.46. The third-order valence-electron chi connectivity index (χ3n) is 5.38. The van der Waals surface area contributed by atoms with E-state index in [1.54, 1.807) is 24.4 Å². The summed E-state index contributed by atoms with van der Waals surface area (Å²) in [5.74, 6) is 0.452. The first-order chi connectivity index (χ1) is 14.8. The van der Waals surface area contributed by atoms with Crippen molar-refractivity contribution in [3.05, 3.63) is 54.2 Å². The molecular weight excluding hydrogens is 407 g/mol. The van der Waals surface area contributed by atoms with E-state index < -0.39 is 11.7 Å². The van der Waals surface area contributed by atoms with Crippen LogP contribution in [0.15, 0.2) is 42.9 Å². The zero-order valence-electron chi connectivity index (χ0n) is 17.1. The van der Waals surface area contributed by atoms with Crippen LogP contribution in [-0.2, 0) is 17.4 Å². The van der Waals surface area contributed by atoms with Crippen LogP contribution in [-0.4, -0.2) is 70.3 Å². The van der Waals surface area contributed by atoms with E-state index in [0.717, 1.165) is 43.8 Å². The molecule has 3 heterocycles. The van der Waals surface area contributed by atoms with Crippen molar-refractivity contribution in [1.29, 1.82) is 0 Å². The molecule has 4 rings (SSSR count). The number of halogens is 3. The highest BCUT2D eigenvalue weighted by Gasteiger charge is 2.31. The normalized spacial score (nSPS) is 16.0. The van der Waals surface area contributed by atoms with Gasteiger partial charge in [0.2, 0.25) is 0 Å². The molecule has 1 fully saturated rings. The van der Waals surface area contributed by atoms with Crippen LogP contribution in [0, 0.1) is 0 Å². The van der Waals surface area contributed by atoms with Crippen molar-refractivity contribution in [2.24, 2.45) is 0 Å². The standard InChI is InChI=1S/C22H22F3N5O/c1-29-4-6-30(7-5-29)14-19(31)10-21-27-12-16-3-2-15(9-20(16)28-21)17-8-18(13-26-11-17)22(23,24)25/h2-3,8-9,11-13H,4-7,10,14H2,1H3. The number of hydrogen-bond acceptors (Lipinski definition) is 6. The van der Waals surface area contributed by atoms with Gasteiger partial charge in [-0.15, -0.1) is 0 Å². The van der Waals surface area contributed by atoms with Gasteiger partial charge in [-0.25, -0.2) is 9.97 Å². The number of Topliss-reactive ketones (excluding diaryl/α,β-unsaturated/α-hetero) is 1. The van der Waals surface area contributed by atoms with Crippen LogP contribution >= 0.6 is 0 Å². The second kappa shape index (κ2) is 8.68. The fourth-order valence-electron chi connectivity index (χ4n) is 3.57. The first-order valence-corrected chi connectivity index (χ1v) is 9.99. The highest BCUT2D eigenvalue weighted by Crippen LogP contribution is 2.32. The van der Waals surface area contributed by atoms with Gasteiger partial charge >= 0.3 is 6.18 Å². The maximum Gasteiger partial charge on any atom is 0.417 e. The molecule has 0 atom stereocenters. The Bertz CT molecular complexity index is 1090. The quantitative estimate of drug-likeness (QED) is 0.621. The number of ketones is 1. The molecule has 6 nitrogen and oxygen atoms in total. The molecule has 0 unspecified atom stereocenters. The number of carbonyl (C=O) groups excluding carboxylic acids is 1. The van der Waals surface area contributed by atoms with Gasteiger partial charge in [0, 0.05) is 55.7 Å². The lowest BCUT2D eigenvalue weighted by atomic mass is 10.0. The Morgan fingerprint density at radius 1 is 1.03 bits per heavy atom. The number of pyridine rings is 1. The summed E-state index contributed by atoms with van der Waals surface area (Å²) >= 11 is 0. The molecule has 1 aromatic carbocycles. The molecule has 0 amide bonds. The Hall–Kier alpha value is -2.91. The van der Waals surface area contributed by atoms with Gasteiger partial charge in [0.15, 0.2) is 5.78 Å². The summed E-state index contributed by atoms with van der Waals surface area (Å²) < 4.78 is 39.0. The van der Waals surface area contributed by atoms with Crippen LogP contribution in [0.2, 0.25) is 0 Å². The van der Waals surface area contributed by atoms with E-state index in [-0.39, 0.29) is 12.2 Å². The zero-order chi connectivity index (χ0) is 22.0. The highest BCUT2D eigenvalue weighted by atomic mass is 19.4. The average Bonchev–Trinajstić information content (AvgIpc) is 2.74. The van der Waals surface area contributed by atoms with E-state index in [1.165, 1.54) is 6.20 Å². The fraction of sp³-hybridized carbons (Fsp3) is 0.364. The summed E-state index contributed by atoms with van der Waals surface area (Å²) in [6, 6.07) is 6.22. The molecule has 2 aromatic heterocycles. The van der Waals surface area contributed by atoms with E-state index >= 15 is 0 Å². The maximum absolute atomic E-state index is 13.0. The Balaban J connectivity index is 1.52. The monoisotopic (exact) mass is 429 g/mol. The van der Waals surface area contributed by atoms with E-state index in [1.807, 2.05) is 0 Å². The third-order valence-corrected chi connectivity index (χ3v) is 5.38. The molecule has 9 heteroatoms. The third kappa shape index (κ3) is 5.23. The van der Waals surface area contributed by atoms with E-state index in [2.05, 4.69) is 31.8 Å². The van der Waals surface area contributed by atoms with Gasteiger partial charge in [0.1, 0.15) is 5.82 Å². The van der Waals surface area contributed by atoms with Crippen LogP contribution < -0.4 is 0 Å². The molecule has 3 aromatic rings. The molecular formula is C22H22F3N5O. The first-order valence-electron chi connectivity index (χ1n) is 9.99. The van der Waals surface area contributed by atoms with Crippen LogP contribution in [0.3, 0.4) is 0 Å². The summed E-state index contributed by atoms with van der Waals surface area (Å²) in [5.41, 5.74) is 0.692. The van der Waals surface area contributed by atoms with Crippen molar-refractivity contribution in [3.8, 4) is 11.1 Å². The van der Waals surface area contributed by atoms with E-state index in [4.69, 9.17) is 0 Å². The Morgan fingerprint density at radius 3 is 2.55 bits per heavy atom. The Kier molecular flexibility index (Phi) is 5.97. The van der Waals surface area contributed by atoms with Crippen LogP contribution in [0.5, 0.6) is 0 Å². The second-order valence-electron chi connectivity index (χ2n) is 7.81. The van der Waals surface area contributed by atoms with E-state index in [9.17, 15) is 18.0 Å². The molecule has 1 saturated heterocycles. The molecule has 0 N–H and O–H groups in total. The summed E-state index contributed by atoms with van der Waals surface area (Å²) in [7, 11) is 2.06. The van der Waals surface area contributed by atoms with Gasteiger partial charge in [0.05, 0.1) is 24.0 Å². The molecule has 1 aliphatic heterocycles. The summed E-state index contributed by atoms with van der Waals surface area (Å²) in [5, 5.41) is 0.749. The average molecular weight is 429 g/mol. The number of benzene rings is 1. The highest BCUT2D eigenvalue weighted by molar-refractivity contribution is 5.85. The number of alkyl halides is 3. The number of likely N-dealkylation sites (N-methyl/N-ethyl adjacent to an activating group) is 1. The number of nitrogens with zero attached hydrogens (tertiary/aromatic N) is 5. The number of hydrogen-bond donors (Lipinski definition) is 0. The Labute approximate surface area is 177 Å². The molecule has 1 aliphatic rings. The molecule has 0 aliphatic carbocycles. The van der Waals surface area contributed by atoms with Crippen molar-refractivity contribution < 1.29 is 18.0 Å². The van der Waals surface area contributed by atoms with E-state index in [0.29, 0.717) is 29.0 Å². The fourth-order valence-corrected chi connectivity index (χ4v) is 3.57. The summed E-state index contributed by atoms with van der Waals surface area (Å²) in [4.78, 5) is 29.3. The van der Waals surface area contributed by atoms with Crippen molar-refractivity contribution in [2.45, 2.75) is 12.6 Å². The van der Waals surface area contributed by atoms with Gasteiger partial charge in [-0.05, 0) is 24.7 Å². The molecule has 0 bridgehead atoms. The first kappa shape index (κ1) is 21.3. The van der Waals surface area contributed by atoms with Gasteiger partial charge < -0.3 is 4.90 Å². The minimum absolute atomic E-state index is 0.0436. The number of rotatable bonds is 5. The topological polar surface area (TPSA) is 62.2 Å². The van der Waals surface area contributed by atoms with Gasteiger partial charge in [-0.3, -0.25) is 14.7 Å². The zero-order valence-corrected chi connectivity index (χ0v) is 17.1. The molecule has 0 spiro atoms. The largest absolute Gasteiger partial charge is 0.417 e. The number of carbonyl (C=O) groups is 1. The molecule has 0 saturated carbocycles. The molecule has 31 heavy (non-hydrogen) atoms. The van der Waals surface area contributed by atoms with Crippen molar-refractivity contribution in [2.75, 3.05) is 39.8 Å². The summed E-state index contributed by atoms with van der Waals surface area (Å²) in [6.45, 7) is 3.95.